The van der Waals surface area contributed by atoms with E-state index in [4.69, 9.17) is 14.9 Å². The van der Waals surface area contributed by atoms with E-state index in [9.17, 15) is 4.79 Å². The third-order valence-electron chi connectivity index (χ3n) is 2.49. The summed E-state index contributed by atoms with van der Waals surface area (Å²) in [5.41, 5.74) is 6.49. The van der Waals surface area contributed by atoms with Crippen LogP contribution in [-0.2, 0) is 11.3 Å². The lowest BCUT2D eigenvalue weighted by molar-refractivity contribution is 0.00366. The Morgan fingerprint density at radius 2 is 2.00 bits per heavy atom. The summed E-state index contributed by atoms with van der Waals surface area (Å²) in [5.74, 6) is -0.271. The molecule has 0 radical (unpaired) electrons. The maximum absolute atomic E-state index is 12.0. The number of fused-ring (bicyclic) bond motifs is 1. The monoisotopic (exact) mass is 247 g/mol. The summed E-state index contributed by atoms with van der Waals surface area (Å²) >= 11 is 0. The molecule has 0 saturated carbocycles. The van der Waals surface area contributed by atoms with Crippen LogP contribution in [0.4, 0.5) is 0 Å². The molecule has 96 valence electrons. The van der Waals surface area contributed by atoms with Gasteiger partial charge in [0.2, 0.25) is 5.76 Å². The summed E-state index contributed by atoms with van der Waals surface area (Å²) in [5, 5.41) is 0.862. The molecule has 0 spiro atoms. The Morgan fingerprint density at radius 1 is 1.33 bits per heavy atom. The van der Waals surface area contributed by atoms with Crippen molar-refractivity contribution in [3.05, 3.63) is 35.6 Å². The maximum Gasteiger partial charge on any atom is 0.375 e. The first-order valence-corrected chi connectivity index (χ1v) is 5.86. The van der Waals surface area contributed by atoms with Crippen LogP contribution in [0.15, 0.2) is 28.7 Å². The molecule has 0 fully saturated rings. The van der Waals surface area contributed by atoms with E-state index in [0.717, 1.165) is 5.39 Å². The van der Waals surface area contributed by atoms with Gasteiger partial charge in [-0.3, -0.25) is 0 Å². The average Bonchev–Trinajstić information content (AvgIpc) is 2.65. The molecule has 1 heterocycles. The smallest absolute Gasteiger partial charge is 0.375 e. The Hall–Kier alpha value is -1.81. The molecule has 0 amide bonds. The zero-order valence-electron chi connectivity index (χ0n) is 10.8. The molecule has 2 rings (SSSR count). The number of esters is 1. The van der Waals surface area contributed by atoms with Crippen LogP contribution in [0.1, 0.15) is 36.9 Å². The van der Waals surface area contributed by atoms with Crippen LogP contribution < -0.4 is 5.73 Å². The highest BCUT2D eigenvalue weighted by molar-refractivity contribution is 5.96. The van der Waals surface area contributed by atoms with E-state index in [1.807, 2.05) is 45.0 Å². The fraction of sp³-hybridized carbons (Fsp3) is 0.357. The zero-order chi connectivity index (χ0) is 13.3. The van der Waals surface area contributed by atoms with Crippen LogP contribution in [0.2, 0.25) is 0 Å². The quantitative estimate of drug-likeness (QED) is 0.829. The molecule has 0 bridgehead atoms. The van der Waals surface area contributed by atoms with Crippen LogP contribution in [0.3, 0.4) is 0 Å². The molecule has 1 aromatic carbocycles. The first-order valence-electron chi connectivity index (χ1n) is 5.86. The number of furan rings is 1. The highest BCUT2D eigenvalue weighted by Gasteiger charge is 2.25. The largest absolute Gasteiger partial charge is 0.454 e. The van der Waals surface area contributed by atoms with Crippen LogP contribution in [0, 0.1) is 0 Å². The van der Waals surface area contributed by atoms with Crippen LogP contribution in [0.5, 0.6) is 0 Å². The Kier molecular flexibility index (Phi) is 3.13. The topological polar surface area (TPSA) is 65.5 Å². The van der Waals surface area contributed by atoms with Crippen molar-refractivity contribution in [2.45, 2.75) is 32.9 Å². The fourth-order valence-corrected chi connectivity index (χ4v) is 1.79. The second-order valence-corrected chi connectivity index (χ2v) is 5.11. The van der Waals surface area contributed by atoms with E-state index in [2.05, 4.69) is 0 Å². The van der Waals surface area contributed by atoms with Crippen LogP contribution >= 0.6 is 0 Å². The molecule has 0 aliphatic carbocycles. The van der Waals surface area contributed by atoms with Gasteiger partial charge in [0.15, 0.2) is 0 Å². The van der Waals surface area contributed by atoms with Gasteiger partial charge in [-0.25, -0.2) is 4.79 Å². The highest BCUT2D eigenvalue weighted by Crippen LogP contribution is 2.27. The Labute approximate surface area is 106 Å². The van der Waals surface area contributed by atoms with Crippen LogP contribution in [0.25, 0.3) is 11.0 Å². The van der Waals surface area contributed by atoms with Crippen molar-refractivity contribution >= 4 is 16.9 Å². The van der Waals surface area contributed by atoms with Gasteiger partial charge in [-0.15, -0.1) is 0 Å². The molecule has 2 N–H and O–H groups in total. The number of carbonyl (C=O) groups is 1. The second-order valence-electron chi connectivity index (χ2n) is 5.11. The van der Waals surface area contributed by atoms with Crippen molar-refractivity contribution in [3.63, 3.8) is 0 Å². The summed E-state index contributed by atoms with van der Waals surface area (Å²) < 4.78 is 10.9. The van der Waals surface area contributed by atoms with Crippen molar-refractivity contribution in [2.75, 3.05) is 0 Å². The second kappa shape index (κ2) is 4.46. The molecule has 18 heavy (non-hydrogen) atoms. The van der Waals surface area contributed by atoms with E-state index >= 15 is 0 Å². The lowest BCUT2D eigenvalue weighted by Gasteiger charge is -2.18. The number of para-hydroxylation sites is 1. The molecular weight excluding hydrogens is 230 g/mol. The maximum atomic E-state index is 12.0. The fourth-order valence-electron chi connectivity index (χ4n) is 1.79. The number of carbonyl (C=O) groups excluding carboxylic acids is 1. The highest BCUT2D eigenvalue weighted by atomic mass is 16.6. The molecule has 1 aromatic heterocycles. The average molecular weight is 247 g/mol. The minimum atomic E-state index is -0.554. The Morgan fingerprint density at radius 3 is 2.61 bits per heavy atom. The van der Waals surface area contributed by atoms with E-state index < -0.39 is 11.6 Å². The Balaban J connectivity index is 2.47. The Bertz CT molecular complexity index is 578. The van der Waals surface area contributed by atoms with Gasteiger partial charge in [-0.2, -0.15) is 0 Å². The van der Waals surface area contributed by atoms with Crippen LogP contribution in [-0.4, -0.2) is 11.6 Å². The van der Waals surface area contributed by atoms with E-state index in [-0.39, 0.29) is 12.3 Å². The van der Waals surface area contributed by atoms with Gasteiger partial charge < -0.3 is 14.9 Å². The number of hydrogen-bond acceptors (Lipinski definition) is 4. The molecule has 0 saturated heterocycles. The molecular formula is C14H17NO3. The number of hydrogen-bond donors (Lipinski definition) is 1. The minimum absolute atomic E-state index is 0.202. The van der Waals surface area contributed by atoms with Gasteiger partial charge >= 0.3 is 5.97 Å². The number of benzene rings is 1. The predicted molar refractivity (Wildman–Crippen MR) is 69.3 cm³/mol. The van der Waals surface area contributed by atoms with Gasteiger partial charge in [-0.1, -0.05) is 18.2 Å². The van der Waals surface area contributed by atoms with Crippen molar-refractivity contribution < 1.29 is 13.9 Å². The van der Waals surface area contributed by atoms with Gasteiger partial charge in [-0.05, 0) is 26.8 Å². The number of nitrogens with two attached hydrogens (primary N) is 1. The van der Waals surface area contributed by atoms with Gasteiger partial charge in [0.1, 0.15) is 11.2 Å². The van der Waals surface area contributed by atoms with E-state index in [0.29, 0.717) is 11.1 Å². The standard InChI is InChI=1S/C14H17NO3/c1-14(2,3)18-13(16)12-10(8-15)9-6-4-5-7-11(9)17-12/h4-7H,8,15H2,1-3H3. The molecule has 0 unspecified atom stereocenters. The van der Waals surface area contributed by atoms with Gasteiger partial charge in [0.05, 0.1) is 0 Å². The summed E-state index contributed by atoms with van der Waals surface area (Å²) in [6.07, 6.45) is 0. The molecule has 4 heteroatoms. The van der Waals surface area contributed by atoms with Crippen molar-refractivity contribution in [3.8, 4) is 0 Å². The first-order chi connectivity index (χ1) is 8.42. The molecule has 0 aliphatic rings. The van der Waals surface area contributed by atoms with Gasteiger partial charge in [0.25, 0.3) is 0 Å². The lowest BCUT2D eigenvalue weighted by Crippen LogP contribution is -2.24. The SMILES string of the molecule is CC(C)(C)OC(=O)c1oc2ccccc2c1CN. The van der Waals surface area contributed by atoms with Crippen molar-refractivity contribution in [2.24, 2.45) is 5.73 Å². The first kappa shape index (κ1) is 12.6. The third-order valence-corrected chi connectivity index (χ3v) is 2.49. The minimum Gasteiger partial charge on any atom is -0.454 e. The predicted octanol–water partition coefficient (Wildman–Crippen LogP) is 2.85. The third kappa shape index (κ3) is 2.38. The van der Waals surface area contributed by atoms with Gasteiger partial charge in [0, 0.05) is 17.5 Å². The summed E-state index contributed by atoms with van der Waals surface area (Å²) in [7, 11) is 0. The lowest BCUT2D eigenvalue weighted by atomic mass is 10.1. The zero-order valence-corrected chi connectivity index (χ0v) is 10.8. The number of ether oxygens (including phenoxy) is 1. The van der Waals surface area contributed by atoms with Crippen molar-refractivity contribution in [1.29, 1.82) is 0 Å². The molecule has 4 nitrogen and oxygen atoms in total. The van der Waals surface area contributed by atoms with E-state index in [1.54, 1.807) is 0 Å². The summed E-state index contributed by atoms with van der Waals surface area (Å²) in [4.78, 5) is 12.0. The number of rotatable bonds is 2. The molecule has 0 atom stereocenters. The normalized spacial score (nSPS) is 11.8. The summed E-state index contributed by atoms with van der Waals surface area (Å²) in [6, 6.07) is 7.43. The molecule has 2 aromatic rings. The van der Waals surface area contributed by atoms with Crippen molar-refractivity contribution in [1.82, 2.24) is 0 Å². The van der Waals surface area contributed by atoms with E-state index in [1.165, 1.54) is 0 Å². The molecule has 0 aliphatic heterocycles. The summed E-state index contributed by atoms with van der Waals surface area (Å²) in [6.45, 7) is 5.69.